The van der Waals surface area contributed by atoms with E-state index in [1.165, 1.54) is 6.08 Å². The SMILES string of the molecule is COc1cccc(CCNC(=O)/C=C/c2ccc3c(c2)OCO3)c1. The molecule has 2 aromatic carbocycles. The lowest BCUT2D eigenvalue weighted by Gasteiger charge is -2.05. The van der Waals surface area contributed by atoms with Gasteiger partial charge in [0.2, 0.25) is 12.7 Å². The molecule has 5 nitrogen and oxygen atoms in total. The summed E-state index contributed by atoms with van der Waals surface area (Å²) in [7, 11) is 1.64. The third-order valence-electron chi connectivity index (χ3n) is 3.67. The molecule has 24 heavy (non-hydrogen) atoms. The van der Waals surface area contributed by atoms with Crippen LogP contribution in [0.2, 0.25) is 0 Å². The molecule has 124 valence electrons. The zero-order valence-corrected chi connectivity index (χ0v) is 13.5. The summed E-state index contributed by atoms with van der Waals surface area (Å²) in [6.07, 6.45) is 4.02. The highest BCUT2D eigenvalue weighted by molar-refractivity contribution is 5.91. The van der Waals surface area contributed by atoms with E-state index in [-0.39, 0.29) is 12.7 Å². The lowest BCUT2D eigenvalue weighted by molar-refractivity contribution is -0.116. The van der Waals surface area contributed by atoms with Gasteiger partial charge in [0, 0.05) is 12.6 Å². The molecule has 1 heterocycles. The van der Waals surface area contributed by atoms with Gasteiger partial charge in [0.05, 0.1) is 7.11 Å². The summed E-state index contributed by atoms with van der Waals surface area (Å²) in [4.78, 5) is 11.9. The van der Waals surface area contributed by atoms with E-state index < -0.39 is 0 Å². The van der Waals surface area contributed by atoms with E-state index in [0.29, 0.717) is 12.3 Å². The molecule has 1 N–H and O–H groups in total. The van der Waals surface area contributed by atoms with Crippen LogP contribution in [0.3, 0.4) is 0 Å². The van der Waals surface area contributed by atoms with Gasteiger partial charge in [-0.3, -0.25) is 4.79 Å². The minimum absolute atomic E-state index is 0.129. The van der Waals surface area contributed by atoms with Crippen LogP contribution in [0, 0.1) is 0 Å². The smallest absolute Gasteiger partial charge is 0.244 e. The number of hydrogen-bond acceptors (Lipinski definition) is 4. The van der Waals surface area contributed by atoms with Crippen LogP contribution < -0.4 is 19.5 Å². The molecule has 3 rings (SSSR count). The molecule has 0 atom stereocenters. The van der Waals surface area contributed by atoms with Crippen LogP contribution in [0.5, 0.6) is 17.2 Å². The molecule has 1 aliphatic rings. The second-order valence-electron chi connectivity index (χ2n) is 5.34. The number of carbonyl (C=O) groups excluding carboxylic acids is 1. The number of amides is 1. The fraction of sp³-hybridized carbons (Fsp3) is 0.211. The second kappa shape index (κ2) is 7.55. The average molecular weight is 325 g/mol. The first-order valence-electron chi connectivity index (χ1n) is 7.73. The molecule has 5 heteroatoms. The Morgan fingerprint density at radius 3 is 2.96 bits per heavy atom. The topological polar surface area (TPSA) is 56.8 Å². The Hall–Kier alpha value is -2.95. The maximum atomic E-state index is 11.9. The van der Waals surface area contributed by atoms with Gasteiger partial charge >= 0.3 is 0 Å². The molecule has 0 saturated carbocycles. The van der Waals surface area contributed by atoms with Crippen LogP contribution >= 0.6 is 0 Å². The second-order valence-corrected chi connectivity index (χ2v) is 5.34. The first kappa shape index (κ1) is 15.9. The van der Waals surface area contributed by atoms with E-state index in [1.54, 1.807) is 13.2 Å². The maximum Gasteiger partial charge on any atom is 0.244 e. The number of fused-ring (bicyclic) bond motifs is 1. The highest BCUT2D eigenvalue weighted by Crippen LogP contribution is 2.32. The van der Waals surface area contributed by atoms with Gasteiger partial charge in [0.25, 0.3) is 0 Å². The van der Waals surface area contributed by atoms with Gasteiger partial charge in [-0.1, -0.05) is 18.2 Å². The van der Waals surface area contributed by atoms with Crippen LogP contribution in [0.25, 0.3) is 6.08 Å². The molecule has 0 fully saturated rings. The van der Waals surface area contributed by atoms with Crippen molar-refractivity contribution in [3.63, 3.8) is 0 Å². The van der Waals surface area contributed by atoms with Gasteiger partial charge < -0.3 is 19.5 Å². The molecule has 0 saturated heterocycles. The molecule has 0 bridgehead atoms. The number of ether oxygens (including phenoxy) is 3. The zero-order chi connectivity index (χ0) is 16.8. The lowest BCUT2D eigenvalue weighted by Crippen LogP contribution is -2.23. The number of benzene rings is 2. The van der Waals surface area contributed by atoms with Gasteiger partial charge in [-0.2, -0.15) is 0 Å². The van der Waals surface area contributed by atoms with E-state index in [9.17, 15) is 4.79 Å². The highest BCUT2D eigenvalue weighted by atomic mass is 16.7. The number of rotatable bonds is 6. The fourth-order valence-corrected chi connectivity index (χ4v) is 2.41. The van der Waals surface area contributed by atoms with E-state index in [0.717, 1.165) is 29.0 Å². The van der Waals surface area contributed by atoms with Gasteiger partial charge in [-0.05, 0) is 47.9 Å². The van der Waals surface area contributed by atoms with E-state index >= 15 is 0 Å². The third-order valence-corrected chi connectivity index (χ3v) is 3.67. The largest absolute Gasteiger partial charge is 0.497 e. The molecule has 2 aromatic rings. The Bertz CT molecular complexity index is 755. The number of hydrogen-bond donors (Lipinski definition) is 1. The lowest BCUT2D eigenvalue weighted by atomic mass is 10.1. The number of carbonyl (C=O) groups is 1. The quantitative estimate of drug-likeness (QED) is 0.830. The molecular formula is C19H19NO4. The Kier molecular flexibility index (Phi) is 5.01. The van der Waals surface area contributed by atoms with Crippen LogP contribution in [-0.2, 0) is 11.2 Å². The van der Waals surface area contributed by atoms with E-state index in [1.807, 2.05) is 42.5 Å². The van der Waals surface area contributed by atoms with Crippen LogP contribution in [-0.4, -0.2) is 26.4 Å². The highest BCUT2D eigenvalue weighted by Gasteiger charge is 2.12. The summed E-state index contributed by atoms with van der Waals surface area (Å²) in [5.74, 6) is 2.13. The Morgan fingerprint density at radius 2 is 2.08 bits per heavy atom. The summed E-state index contributed by atoms with van der Waals surface area (Å²) in [6, 6.07) is 13.4. The summed E-state index contributed by atoms with van der Waals surface area (Å²) < 4.78 is 15.8. The predicted octanol–water partition coefficient (Wildman–Crippen LogP) is 2.80. The normalized spacial score (nSPS) is 12.4. The van der Waals surface area contributed by atoms with Crippen molar-refractivity contribution < 1.29 is 19.0 Å². The average Bonchev–Trinajstić information content (AvgIpc) is 3.08. The maximum absolute atomic E-state index is 11.9. The molecule has 0 aliphatic carbocycles. The van der Waals surface area contributed by atoms with Crippen molar-refractivity contribution in [2.24, 2.45) is 0 Å². The zero-order valence-electron chi connectivity index (χ0n) is 13.5. The van der Waals surface area contributed by atoms with Gasteiger partial charge in [-0.25, -0.2) is 0 Å². The molecule has 1 amide bonds. The van der Waals surface area contributed by atoms with E-state index in [4.69, 9.17) is 14.2 Å². The first-order valence-corrected chi connectivity index (χ1v) is 7.73. The molecule has 0 spiro atoms. The van der Waals surface area contributed by atoms with Crippen molar-refractivity contribution in [2.45, 2.75) is 6.42 Å². The minimum atomic E-state index is -0.129. The molecule has 0 unspecified atom stereocenters. The van der Waals surface area contributed by atoms with Crippen molar-refractivity contribution >= 4 is 12.0 Å². The summed E-state index contributed by atoms with van der Waals surface area (Å²) in [5.41, 5.74) is 2.01. The fourth-order valence-electron chi connectivity index (χ4n) is 2.41. The Balaban J connectivity index is 1.48. The van der Waals surface area contributed by atoms with Crippen molar-refractivity contribution in [1.82, 2.24) is 5.32 Å². The van der Waals surface area contributed by atoms with Gasteiger partial charge in [0.1, 0.15) is 5.75 Å². The van der Waals surface area contributed by atoms with Crippen molar-refractivity contribution in [3.8, 4) is 17.2 Å². The molecule has 0 aromatic heterocycles. The number of nitrogens with one attached hydrogen (secondary N) is 1. The van der Waals surface area contributed by atoms with Crippen molar-refractivity contribution in [1.29, 1.82) is 0 Å². The van der Waals surface area contributed by atoms with Crippen molar-refractivity contribution in [2.75, 3.05) is 20.4 Å². The number of methoxy groups -OCH3 is 1. The Morgan fingerprint density at radius 1 is 1.21 bits per heavy atom. The summed E-state index contributed by atoms with van der Waals surface area (Å²) in [6.45, 7) is 0.810. The Labute approximate surface area is 140 Å². The van der Waals surface area contributed by atoms with Crippen LogP contribution in [0.1, 0.15) is 11.1 Å². The third kappa shape index (κ3) is 4.07. The van der Waals surface area contributed by atoms with Crippen molar-refractivity contribution in [3.05, 3.63) is 59.7 Å². The van der Waals surface area contributed by atoms with E-state index in [2.05, 4.69) is 5.32 Å². The van der Waals surface area contributed by atoms with Crippen LogP contribution in [0.4, 0.5) is 0 Å². The van der Waals surface area contributed by atoms with Gasteiger partial charge in [0.15, 0.2) is 11.5 Å². The molecule has 1 aliphatic heterocycles. The van der Waals surface area contributed by atoms with Gasteiger partial charge in [-0.15, -0.1) is 0 Å². The summed E-state index contributed by atoms with van der Waals surface area (Å²) >= 11 is 0. The standard InChI is InChI=1S/C19H19NO4/c1-22-16-4-2-3-14(11-16)9-10-20-19(21)8-6-15-5-7-17-18(12-15)24-13-23-17/h2-8,11-12H,9-10,13H2,1H3,(H,20,21)/b8-6+. The first-order chi connectivity index (χ1) is 11.7. The summed E-state index contributed by atoms with van der Waals surface area (Å²) in [5, 5.41) is 2.87. The minimum Gasteiger partial charge on any atom is -0.497 e. The van der Waals surface area contributed by atoms with Crippen LogP contribution in [0.15, 0.2) is 48.5 Å². The molecular weight excluding hydrogens is 306 g/mol. The molecule has 0 radical (unpaired) electrons. The predicted molar refractivity (Wildman–Crippen MR) is 91.3 cm³/mol. The monoisotopic (exact) mass is 325 g/mol.